The van der Waals surface area contributed by atoms with Crippen LogP contribution in [0.4, 0.5) is 0 Å². The summed E-state index contributed by atoms with van der Waals surface area (Å²) in [5, 5.41) is 10.5. The van der Waals surface area contributed by atoms with Crippen LogP contribution in [0.25, 0.3) is 0 Å². The molecule has 0 bridgehead atoms. The zero-order valence-electron chi connectivity index (χ0n) is 15.7. The Labute approximate surface area is 151 Å². The molecule has 3 atom stereocenters. The fraction of sp³-hybridized carbons (Fsp3) is 0.667. The molecule has 1 amide bonds. The van der Waals surface area contributed by atoms with Crippen molar-refractivity contribution in [2.45, 2.75) is 69.9 Å². The molecule has 1 aliphatic carbocycles. The number of aliphatic hydroxyl groups excluding tert-OH is 1. The van der Waals surface area contributed by atoms with E-state index in [1.165, 1.54) is 6.42 Å². The van der Waals surface area contributed by atoms with Crippen molar-refractivity contribution in [2.24, 2.45) is 5.92 Å². The Kier molecular flexibility index (Phi) is 5.38. The van der Waals surface area contributed by atoms with E-state index in [0.29, 0.717) is 0 Å². The van der Waals surface area contributed by atoms with Gasteiger partial charge in [0.1, 0.15) is 5.75 Å². The molecule has 1 aliphatic heterocycles. The van der Waals surface area contributed by atoms with E-state index in [4.69, 9.17) is 4.74 Å². The highest BCUT2D eigenvalue weighted by molar-refractivity contribution is 5.88. The molecule has 1 N–H and O–H groups in total. The number of amides is 1. The van der Waals surface area contributed by atoms with Crippen molar-refractivity contribution in [1.82, 2.24) is 4.90 Å². The van der Waals surface area contributed by atoms with Crippen molar-refractivity contribution in [1.29, 1.82) is 0 Å². The van der Waals surface area contributed by atoms with Crippen LogP contribution in [0.1, 0.15) is 57.9 Å². The fourth-order valence-corrected chi connectivity index (χ4v) is 4.57. The first-order chi connectivity index (χ1) is 11.9. The first-order valence-corrected chi connectivity index (χ1v) is 9.59. The highest BCUT2D eigenvalue weighted by atomic mass is 16.5. The average Bonchev–Trinajstić information content (AvgIpc) is 3.10. The third kappa shape index (κ3) is 3.55. The van der Waals surface area contributed by atoms with Crippen molar-refractivity contribution < 1.29 is 14.6 Å². The number of benzene rings is 1. The molecule has 1 aromatic carbocycles. The van der Waals surface area contributed by atoms with Crippen LogP contribution < -0.4 is 4.74 Å². The number of ether oxygens (including phenoxy) is 1. The maximum atomic E-state index is 13.4. The van der Waals surface area contributed by atoms with Crippen LogP contribution in [-0.4, -0.2) is 41.7 Å². The molecular weight excluding hydrogens is 314 g/mol. The lowest BCUT2D eigenvalue weighted by atomic mass is 9.79. The number of hydrogen-bond acceptors (Lipinski definition) is 3. The van der Waals surface area contributed by atoms with Gasteiger partial charge >= 0.3 is 0 Å². The van der Waals surface area contributed by atoms with Gasteiger partial charge < -0.3 is 14.7 Å². The maximum absolute atomic E-state index is 13.4. The topological polar surface area (TPSA) is 49.8 Å². The second kappa shape index (κ2) is 7.36. The van der Waals surface area contributed by atoms with Gasteiger partial charge in [0.2, 0.25) is 5.91 Å². The zero-order chi connectivity index (χ0) is 18.0. The molecule has 25 heavy (non-hydrogen) atoms. The first-order valence-electron chi connectivity index (χ1n) is 9.59. The predicted molar refractivity (Wildman–Crippen MR) is 98.7 cm³/mol. The second-order valence-electron chi connectivity index (χ2n) is 8.08. The summed E-state index contributed by atoms with van der Waals surface area (Å²) in [4.78, 5) is 15.5. The van der Waals surface area contributed by atoms with Gasteiger partial charge in [0, 0.05) is 18.5 Å². The summed E-state index contributed by atoms with van der Waals surface area (Å²) in [6.07, 6.45) is 6.00. The van der Waals surface area contributed by atoms with E-state index in [-0.39, 0.29) is 24.0 Å². The van der Waals surface area contributed by atoms with E-state index in [9.17, 15) is 9.90 Å². The minimum Gasteiger partial charge on any atom is -0.497 e. The van der Waals surface area contributed by atoms with Crippen LogP contribution in [0.15, 0.2) is 24.3 Å². The number of methoxy groups -OCH3 is 1. The van der Waals surface area contributed by atoms with Crippen molar-refractivity contribution >= 4 is 5.91 Å². The van der Waals surface area contributed by atoms with E-state index < -0.39 is 5.41 Å². The number of carbonyl (C=O) groups excluding carboxylic acids is 1. The van der Waals surface area contributed by atoms with Crippen LogP contribution in [0.2, 0.25) is 0 Å². The van der Waals surface area contributed by atoms with E-state index in [1.807, 2.05) is 38.1 Å². The molecule has 1 saturated carbocycles. The lowest BCUT2D eigenvalue weighted by molar-refractivity contribution is -0.139. The summed E-state index contributed by atoms with van der Waals surface area (Å²) >= 11 is 0. The lowest BCUT2D eigenvalue weighted by Gasteiger charge is -2.40. The Bertz CT molecular complexity index is 596. The summed E-state index contributed by atoms with van der Waals surface area (Å²) in [5.74, 6) is 1.22. The monoisotopic (exact) mass is 345 g/mol. The van der Waals surface area contributed by atoms with Crippen LogP contribution in [0.3, 0.4) is 0 Å². The summed E-state index contributed by atoms with van der Waals surface area (Å²) in [5.41, 5.74) is 0.433. The van der Waals surface area contributed by atoms with Crippen molar-refractivity contribution in [3.05, 3.63) is 29.8 Å². The molecule has 138 valence electrons. The van der Waals surface area contributed by atoms with Gasteiger partial charge in [-0.2, -0.15) is 0 Å². The fourth-order valence-electron chi connectivity index (χ4n) is 4.57. The SMILES string of the molecule is COc1ccc(C(C)(C)C(=O)N2CCC[C@@H]2[C@@H]2CCCC[C@H]2O)cc1. The second-order valence-corrected chi connectivity index (χ2v) is 8.08. The number of hydrogen-bond donors (Lipinski definition) is 1. The van der Waals surface area contributed by atoms with Gasteiger partial charge in [-0.1, -0.05) is 25.0 Å². The van der Waals surface area contributed by atoms with E-state index >= 15 is 0 Å². The van der Waals surface area contributed by atoms with Crippen molar-refractivity contribution in [2.75, 3.05) is 13.7 Å². The summed E-state index contributed by atoms with van der Waals surface area (Å²) < 4.78 is 5.23. The Morgan fingerprint density at radius 3 is 2.44 bits per heavy atom. The summed E-state index contributed by atoms with van der Waals surface area (Å²) in [7, 11) is 1.65. The molecule has 1 aromatic rings. The number of rotatable bonds is 4. The van der Waals surface area contributed by atoms with Crippen LogP contribution in [0.5, 0.6) is 5.75 Å². The van der Waals surface area contributed by atoms with Crippen LogP contribution in [-0.2, 0) is 10.2 Å². The molecule has 0 spiro atoms. The first kappa shape index (κ1) is 18.2. The highest BCUT2D eigenvalue weighted by Gasteiger charge is 2.43. The molecule has 3 rings (SSSR count). The third-order valence-electron chi connectivity index (χ3n) is 6.18. The Hall–Kier alpha value is -1.55. The molecule has 0 radical (unpaired) electrons. The van der Waals surface area contributed by atoms with Gasteiger partial charge in [0.25, 0.3) is 0 Å². The molecule has 2 aliphatic rings. The molecule has 1 saturated heterocycles. The number of nitrogens with zero attached hydrogens (tertiary/aromatic N) is 1. The maximum Gasteiger partial charge on any atom is 0.232 e. The Balaban J connectivity index is 1.79. The van der Waals surface area contributed by atoms with Crippen LogP contribution >= 0.6 is 0 Å². The number of aliphatic hydroxyl groups is 1. The van der Waals surface area contributed by atoms with Gasteiger partial charge in [0.15, 0.2) is 0 Å². The van der Waals surface area contributed by atoms with Gasteiger partial charge in [-0.05, 0) is 57.2 Å². The van der Waals surface area contributed by atoms with Crippen molar-refractivity contribution in [3.63, 3.8) is 0 Å². The summed E-state index contributed by atoms with van der Waals surface area (Å²) in [6, 6.07) is 7.99. The van der Waals surface area contributed by atoms with E-state index in [0.717, 1.165) is 50.0 Å². The van der Waals surface area contributed by atoms with Crippen molar-refractivity contribution in [3.8, 4) is 5.75 Å². The molecule has 4 nitrogen and oxygen atoms in total. The highest BCUT2D eigenvalue weighted by Crippen LogP contribution is 2.37. The molecule has 4 heteroatoms. The van der Waals surface area contributed by atoms with E-state index in [1.54, 1.807) is 7.11 Å². The lowest BCUT2D eigenvalue weighted by Crippen LogP contribution is -2.50. The molecule has 0 unspecified atom stereocenters. The van der Waals surface area contributed by atoms with Gasteiger partial charge in [-0.3, -0.25) is 4.79 Å². The Morgan fingerprint density at radius 2 is 1.80 bits per heavy atom. The molecular formula is C21H31NO3. The quantitative estimate of drug-likeness (QED) is 0.908. The summed E-state index contributed by atoms with van der Waals surface area (Å²) in [6.45, 7) is 4.82. The van der Waals surface area contributed by atoms with Gasteiger partial charge in [-0.15, -0.1) is 0 Å². The Morgan fingerprint density at radius 1 is 1.12 bits per heavy atom. The minimum atomic E-state index is -0.575. The number of likely N-dealkylation sites (tertiary alicyclic amines) is 1. The minimum absolute atomic E-state index is 0.179. The standard InChI is InChI=1S/C21H31NO3/c1-21(2,15-10-12-16(25-3)13-11-15)20(24)22-14-6-8-18(22)17-7-4-5-9-19(17)23/h10-13,17-19,23H,4-9,14H2,1-3H3/t17-,18+,19+/m0/s1. The number of carbonyl (C=O) groups is 1. The molecule has 0 aromatic heterocycles. The average molecular weight is 345 g/mol. The van der Waals surface area contributed by atoms with Gasteiger partial charge in [0.05, 0.1) is 18.6 Å². The molecule has 2 fully saturated rings. The predicted octanol–water partition coefficient (Wildman–Crippen LogP) is 3.51. The smallest absolute Gasteiger partial charge is 0.232 e. The third-order valence-corrected chi connectivity index (χ3v) is 6.18. The largest absolute Gasteiger partial charge is 0.497 e. The van der Waals surface area contributed by atoms with E-state index in [2.05, 4.69) is 4.90 Å². The zero-order valence-corrected chi connectivity index (χ0v) is 15.7. The van der Waals surface area contributed by atoms with Gasteiger partial charge in [-0.25, -0.2) is 0 Å². The normalized spacial score (nSPS) is 27.4. The molecule has 1 heterocycles. The van der Waals surface area contributed by atoms with Crippen LogP contribution in [0, 0.1) is 5.92 Å².